The van der Waals surface area contributed by atoms with Gasteiger partial charge in [0.15, 0.2) is 5.78 Å². The molecule has 5 atom stereocenters. The van der Waals surface area contributed by atoms with Gasteiger partial charge in [-0.1, -0.05) is 43.7 Å². The van der Waals surface area contributed by atoms with Crippen LogP contribution in [0.2, 0.25) is 0 Å². The molecule has 1 aromatic rings. The van der Waals surface area contributed by atoms with Gasteiger partial charge in [-0.25, -0.2) is 0 Å². The van der Waals surface area contributed by atoms with Gasteiger partial charge in [-0.2, -0.15) is 22.0 Å². The molecule has 1 aromatic carbocycles. The number of carbonyl (C=O) groups excluding carboxylic acids is 1. The third kappa shape index (κ3) is 3.97. The molecular weight excluding hydrogens is 519 g/mol. The van der Waals surface area contributed by atoms with E-state index in [2.05, 4.69) is 0 Å². The van der Waals surface area contributed by atoms with Crippen molar-refractivity contribution in [3.8, 4) is 0 Å². The fraction of sp³-hybridized carbons (Fsp3) is 0.633. The Labute approximate surface area is 224 Å². The first-order chi connectivity index (χ1) is 18.1. The molecule has 0 heterocycles. The molecule has 0 bridgehead atoms. The maximum absolute atomic E-state index is 15.1. The van der Waals surface area contributed by atoms with Crippen LogP contribution in [0.15, 0.2) is 47.1 Å². The van der Waals surface area contributed by atoms with Gasteiger partial charge >= 0.3 is 12.1 Å². The zero-order valence-electron chi connectivity index (χ0n) is 22.1. The van der Waals surface area contributed by atoms with Gasteiger partial charge in [0.1, 0.15) is 5.60 Å². The zero-order chi connectivity index (χ0) is 28.6. The number of aliphatic hydroxyl groups excluding tert-OH is 2. The number of halogens is 5. The molecule has 2 saturated carbocycles. The van der Waals surface area contributed by atoms with Gasteiger partial charge in [-0.3, -0.25) is 4.79 Å². The zero-order valence-corrected chi connectivity index (χ0v) is 22.1. The van der Waals surface area contributed by atoms with E-state index in [9.17, 15) is 33.3 Å². The quantitative estimate of drug-likeness (QED) is 0.405. The lowest BCUT2D eigenvalue weighted by Crippen LogP contribution is -2.65. The minimum absolute atomic E-state index is 0.0294. The number of fused-ring (bicyclic) bond motifs is 4. The number of alkyl halides is 5. The summed E-state index contributed by atoms with van der Waals surface area (Å²) in [7, 11) is 0. The predicted molar refractivity (Wildman–Crippen MR) is 134 cm³/mol. The molecule has 0 aliphatic heterocycles. The molecule has 9 heteroatoms. The van der Waals surface area contributed by atoms with E-state index >= 15 is 8.78 Å². The average Bonchev–Trinajstić information content (AvgIpc) is 3.18. The highest BCUT2D eigenvalue weighted by molar-refractivity contribution is 5.93. The maximum atomic E-state index is 15.1. The Bertz CT molecular complexity index is 1210. The second kappa shape index (κ2) is 9.21. The second-order valence-corrected chi connectivity index (χ2v) is 12.5. The summed E-state index contributed by atoms with van der Waals surface area (Å²) >= 11 is 0. The van der Waals surface area contributed by atoms with Crippen LogP contribution in [-0.4, -0.2) is 52.0 Å². The highest BCUT2D eigenvalue weighted by Gasteiger charge is 2.79. The molecule has 5 rings (SSSR count). The fourth-order valence-corrected chi connectivity index (χ4v) is 8.06. The van der Waals surface area contributed by atoms with Crippen molar-refractivity contribution in [2.24, 2.45) is 17.3 Å². The average molecular weight is 555 g/mol. The number of hydrogen-bond donors (Lipinski definition) is 3. The summed E-state index contributed by atoms with van der Waals surface area (Å²) in [6.07, 6.45) is -3.01. The van der Waals surface area contributed by atoms with E-state index in [1.807, 2.05) is 0 Å². The van der Waals surface area contributed by atoms with Crippen LogP contribution in [0.4, 0.5) is 22.0 Å². The lowest BCUT2D eigenvalue weighted by molar-refractivity contribution is -0.362. The van der Waals surface area contributed by atoms with E-state index in [0.29, 0.717) is 36.8 Å². The highest BCUT2D eigenvalue weighted by Crippen LogP contribution is 2.70. The molecule has 0 saturated heterocycles. The van der Waals surface area contributed by atoms with E-state index in [1.54, 1.807) is 37.3 Å². The van der Waals surface area contributed by atoms with Crippen LogP contribution in [0.1, 0.15) is 75.8 Å². The summed E-state index contributed by atoms with van der Waals surface area (Å²) in [5.74, 6) is -6.61. The Morgan fingerprint density at radius 3 is 2.21 bits per heavy atom. The second-order valence-electron chi connectivity index (χ2n) is 12.5. The van der Waals surface area contributed by atoms with Gasteiger partial charge in [0.05, 0.1) is 13.2 Å². The number of allylic oxidation sites excluding steroid dienone is 4. The number of benzene rings is 1. The molecule has 214 valence electrons. The van der Waals surface area contributed by atoms with Crippen molar-refractivity contribution < 1.29 is 42.1 Å². The third-order valence-electron chi connectivity index (χ3n) is 10.5. The lowest BCUT2D eigenvalue weighted by atomic mass is 9.50. The molecule has 2 fully saturated rings. The predicted octanol–water partition coefficient (Wildman–Crippen LogP) is 5.76. The highest BCUT2D eigenvalue weighted by atomic mass is 19.4. The molecule has 0 radical (unpaired) electrons. The number of carbonyl (C=O) groups is 1. The molecule has 0 aromatic heterocycles. The minimum Gasteiger partial charge on any atom is -0.395 e. The van der Waals surface area contributed by atoms with E-state index in [0.717, 1.165) is 16.7 Å². The first-order valence-electron chi connectivity index (χ1n) is 13.6. The summed E-state index contributed by atoms with van der Waals surface area (Å²) < 4.78 is 71.2. The van der Waals surface area contributed by atoms with Crippen LogP contribution in [0.5, 0.6) is 0 Å². The topological polar surface area (TPSA) is 77.8 Å². The van der Waals surface area contributed by atoms with Gasteiger partial charge in [-0.15, -0.1) is 0 Å². The van der Waals surface area contributed by atoms with Gasteiger partial charge in [0.2, 0.25) is 0 Å². The molecule has 4 aliphatic carbocycles. The van der Waals surface area contributed by atoms with Crippen molar-refractivity contribution in [3.63, 3.8) is 0 Å². The number of hydrogen-bond acceptors (Lipinski definition) is 4. The van der Waals surface area contributed by atoms with Crippen molar-refractivity contribution in [2.45, 2.75) is 87.8 Å². The lowest BCUT2D eigenvalue weighted by Gasteiger charge is -2.56. The summed E-state index contributed by atoms with van der Waals surface area (Å²) in [5.41, 5.74) is -1.55. The minimum atomic E-state index is -5.89. The molecule has 3 N–H and O–H groups in total. The van der Waals surface area contributed by atoms with Crippen LogP contribution in [-0.2, 0) is 10.2 Å². The summed E-state index contributed by atoms with van der Waals surface area (Å²) in [5, 5.41) is 31.0. The summed E-state index contributed by atoms with van der Waals surface area (Å²) in [6.45, 7) is 2.50. The Morgan fingerprint density at radius 2 is 1.62 bits per heavy atom. The van der Waals surface area contributed by atoms with Crippen molar-refractivity contribution in [3.05, 3.63) is 58.2 Å². The van der Waals surface area contributed by atoms with Crippen LogP contribution >= 0.6 is 0 Å². The van der Waals surface area contributed by atoms with Gasteiger partial charge < -0.3 is 15.3 Å². The Kier molecular flexibility index (Phi) is 6.71. The number of rotatable bonds is 5. The largest absolute Gasteiger partial charge is 0.456 e. The van der Waals surface area contributed by atoms with E-state index in [1.165, 1.54) is 6.92 Å². The van der Waals surface area contributed by atoms with Crippen LogP contribution < -0.4 is 0 Å². The molecular formula is C30H35F5O4. The van der Waals surface area contributed by atoms with Crippen LogP contribution in [0.25, 0.3) is 0 Å². The number of aliphatic hydroxyl groups is 3. The van der Waals surface area contributed by atoms with Crippen molar-refractivity contribution in [1.82, 2.24) is 0 Å². The first kappa shape index (κ1) is 28.4. The standard InChI is InChI=1S/C30H35F5O4/c1-26(15-36,16-37)19-6-3-17(4-7-19)23-14-27(2)24(11-12-28(27,39)29(31,32)30(33,34)35)22-9-5-18-13-20(38)8-10-21(18)25(22)23/h3-4,6-7,13,22-24,36-37,39H,5,8-12,14-16H2,1-2H3/t22-,23+,24-,27-,28-/m0/s1. The van der Waals surface area contributed by atoms with E-state index < -0.39 is 46.8 Å². The van der Waals surface area contributed by atoms with Gasteiger partial charge in [-0.05, 0) is 78.7 Å². The SMILES string of the molecule is CC(CO)(CO)c1ccc([C@H]2C[C@@]3(C)[C@@H](CC[C@@]3(O)C(F)(F)C(F)(F)F)[C@@H]3CCC4=CC(=O)CCC4=C32)cc1. The van der Waals surface area contributed by atoms with Crippen molar-refractivity contribution in [2.75, 3.05) is 13.2 Å². The number of ketones is 1. The van der Waals surface area contributed by atoms with Crippen molar-refractivity contribution in [1.29, 1.82) is 0 Å². The van der Waals surface area contributed by atoms with E-state index in [-0.39, 0.29) is 37.8 Å². The molecule has 0 unspecified atom stereocenters. The Balaban J connectivity index is 1.67. The molecule has 0 amide bonds. The Morgan fingerprint density at radius 1 is 0.974 bits per heavy atom. The molecule has 4 aliphatic rings. The van der Waals surface area contributed by atoms with Crippen LogP contribution in [0.3, 0.4) is 0 Å². The van der Waals surface area contributed by atoms with Gasteiger partial charge in [0.25, 0.3) is 0 Å². The molecule has 4 nitrogen and oxygen atoms in total. The summed E-state index contributed by atoms with van der Waals surface area (Å²) in [4.78, 5) is 12.2. The molecule has 39 heavy (non-hydrogen) atoms. The monoisotopic (exact) mass is 554 g/mol. The van der Waals surface area contributed by atoms with Gasteiger partial charge in [0, 0.05) is 23.2 Å². The maximum Gasteiger partial charge on any atom is 0.456 e. The van der Waals surface area contributed by atoms with Crippen molar-refractivity contribution >= 4 is 5.78 Å². The van der Waals surface area contributed by atoms with E-state index in [4.69, 9.17) is 0 Å². The Hall–Kier alpha value is -2.10. The fourth-order valence-electron chi connectivity index (χ4n) is 8.06. The normalized spacial score (nSPS) is 33.4. The first-order valence-corrected chi connectivity index (χ1v) is 13.6. The molecule has 0 spiro atoms. The smallest absolute Gasteiger partial charge is 0.395 e. The summed E-state index contributed by atoms with van der Waals surface area (Å²) in [6, 6.07) is 7.04. The van der Waals surface area contributed by atoms with Crippen LogP contribution in [0, 0.1) is 17.3 Å². The third-order valence-corrected chi connectivity index (χ3v) is 10.5.